The van der Waals surface area contributed by atoms with Crippen LogP contribution in [0.1, 0.15) is 19.8 Å². The average Bonchev–Trinajstić information content (AvgIpc) is 2.85. The number of nitrogens with zero attached hydrogens (tertiary/aromatic N) is 3. The predicted molar refractivity (Wildman–Crippen MR) is 90.1 cm³/mol. The lowest BCUT2D eigenvalue weighted by atomic mass is 10.3. The highest BCUT2D eigenvalue weighted by Crippen LogP contribution is 2.33. The van der Waals surface area contributed by atoms with Gasteiger partial charge in [0.1, 0.15) is 11.5 Å². The van der Waals surface area contributed by atoms with Crippen LogP contribution in [0.4, 0.5) is 10.1 Å². The predicted octanol–water partition coefficient (Wildman–Crippen LogP) is 3.10. The first-order valence-corrected chi connectivity index (χ1v) is 9.09. The summed E-state index contributed by atoms with van der Waals surface area (Å²) in [5.41, 5.74) is 0.0387. The van der Waals surface area contributed by atoms with E-state index >= 15 is 0 Å². The topological polar surface area (TPSA) is 65.6 Å². The molecule has 0 N–H and O–H groups in total. The molecule has 2 aromatic rings. The van der Waals surface area contributed by atoms with E-state index in [1.165, 1.54) is 13.0 Å². The third-order valence-electron chi connectivity index (χ3n) is 3.36. The van der Waals surface area contributed by atoms with E-state index in [0.717, 1.165) is 42.3 Å². The summed E-state index contributed by atoms with van der Waals surface area (Å²) in [6, 6.07) is 2.51. The second-order valence-electron chi connectivity index (χ2n) is 5.11. The normalized spacial score (nSPS) is 14.5. The second kappa shape index (κ2) is 7.12. The van der Waals surface area contributed by atoms with Gasteiger partial charge in [0, 0.05) is 20.0 Å². The monoisotopic (exact) mass is 389 g/mol. The van der Waals surface area contributed by atoms with Crippen LogP contribution < -0.4 is 9.67 Å². The first-order chi connectivity index (χ1) is 11.5. The minimum atomic E-state index is -0.608. The molecule has 0 aliphatic carbocycles. The smallest absolute Gasteiger partial charge is 0.325 e. The summed E-state index contributed by atoms with van der Waals surface area (Å²) in [5.74, 6) is -1.10. The Morgan fingerprint density at radius 1 is 1.38 bits per heavy atom. The fourth-order valence-electron chi connectivity index (χ4n) is 2.29. The lowest BCUT2D eigenvalue weighted by molar-refractivity contribution is -0.130. The molecule has 0 radical (unpaired) electrons. The molecule has 0 saturated carbocycles. The summed E-state index contributed by atoms with van der Waals surface area (Å²) in [4.78, 5) is 27.9. The summed E-state index contributed by atoms with van der Waals surface area (Å²) in [6.45, 7) is 2.57. The molecule has 3 rings (SSSR count). The maximum absolute atomic E-state index is 14.2. The molecule has 1 aromatic heterocycles. The van der Waals surface area contributed by atoms with Crippen LogP contribution in [0.2, 0.25) is 5.02 Å². The van der Waals surface area contributed by atoms with Gasteiger partial charge in [0.15, 0.2) is 0 Å². The molecule has 1 aromatic carbocycles. The highest BCUT2D eigenvalue weighted by Gasteiger charge is 2.15. The van der Waals surface area contributed by atoms with Crippen LogP contribution >= 0.6 is 35.0 Å². The number of rotatable bonds is 3. The van der Waals surface area contributed by atoms with Gasteiger partial charge in [-0.05, 0) is 36.3 Å². The number of hydrogen-bond acceptors (Lipinski definition) is 6. The molecule has 1 aliphatic rings. The Balaban J connectivity index is 2.05. The molecule has 128 valence electrons. The maximum atomic E-state index is 14.2. The number of fused-ring (bicyclic) bond motifs is 1. The summed E-state index contributed by atoms with van der Waals surface area (Å²) >= 11 is 7.67. The molecule has 2 heterocycles. The van der Waals surface area contributed by atoms with E-state index in [0.29, 0.717) is 22.8 Å². The van der Waals surface area contributed by atoms with E-state index in [-0.39, 0.29) is 15.6 Å². The van der Waals surface area contributed by atoms with Gasteiger partial charge in [0.2, 0.25) is 4.80 Å². The molecular weight excluding hydrogens is 377 g/mol. The van der Waals surface area contributed by atoms with Gasteiger partial charge in [-0.15, -0.1) is 0 Å². The van der Waals surface area contributed by atoms with Crippen molar-refractivity contribution in [1.82, 2.24) is 9.36 Å². The van der Waals surface area contributed by atoms with Gasteiger partial charge in [-0.3, -0.25) is 14.3 Å². The summed E-state index contributed by atoms with van der Waals surface area (Å²) in [6.07, 6.45) is 1.88. The SMILES string of the molecule is CC(=O)OSc1cc(N=c2sc(=O)n3n2CCCC3)c(F)cc1Cl. The van der Waals surface area contributed by atoms with Crippen molar-refractivity contribution in [2.24, 2.45) is 4.99 Å². The van der Waals surface area contributed by atoms with Crippen molar-refractivity contribution < 1.29 is 13.4 Å². The van der Waals surface area contributed by atoms with Gasteiger partial charge in [-0.25, -0.2) is 14.1 Å². The largest absolute Gasteiger partial charge is 0.386 e. The van der Waals surface area contributed by atoms with E-state index in [2.05, 4.69) is 4.99 Å². The fraction of sp³-hybridized carbons (Fsp3) is 0.357. The van der Waals surface area contributed by atoms with Crippen molar-refractivity contribution >= 4 is 46.6 Å². The van der Waals surface area contributed by atoms with Crippen LogP contribution in [0, 0.1) is 5.82 Å². The van der Waals surface area contributed by atoms with Crippen molar-refractivity contribution in [3.63, 3.8) is 0 Å². The Labute approximate surface area is 149 Å². The molecule has 1 aliphatic heterocycles. The van der Waals surface area contributed by atoms with Crippen LogP contribution in [0.5, 0.6) is 0 Å². The number of hydrogen-bond donors (Lipinski definition) is 0. The zero-order chi connectivity index (χ0) is 17.3. The van der Waals surface area contributed by atoms with Gasteiger partial charge in [-0.1, -0.05) is 11.6 Å². The van der Waals surface area contributed by atoms with Crippen molar-refractivity contribution in [1.29, 1.82) is 0 Å². The van der Waals surface area contributed by atoms with Crippen LogP contribution in [-0.4, -0.2) is 15.3 Å². The van der Waals surface area contributed by atoms with E-state index in [4.69, 9.17) is 15.8 Å². The number of aromatic nitrogens is 2. The Kier molecular flexibility index (Phi) is 5.12. The van der Waals surface area contributed by atoms with Crippen LogP contribution in [0.15, 0.2) is 26.8 Å². The molecule has 0 amide bonds. The minimum absolute atomic E-state index is 0.0387. The van der Waals surface area contributed by atoms with E-state index in [1.807, 2.05) is 0 Å². The van der Waals surface area contributed by atoms with Crippen molar-refractivity contribution in [3.05, 3.63) is 37.4 Å². The van der Waals surface area contributed by atoms with Crippen molar-refractivity contribution in [2.45, 2.75) is 37.8 Å². The standard InChI is InChI=1S/C14H13ClFN3O3S2/c1-8(20)22-24-12-7-11(10(16)6-9(12)15)17-13-18-4-2-3-5-19(18)14(21)23-13/h6-7H,2-5H2,1H3. The molecule has 0 saturated heterocycles. The molecule has 0 spiro atoms. The van der Waals surface area contributed by atoms with Crippen LogP contribution in [-0.2, 0) is 22.1 Å². The summed E-state index contributed by atoms with van der Waals surface area (Å²) in [5, 5.41) is 0.123. The lowest BCUT2D eigenvalue weighted by Gasteiger charge is -2.15. The summed E-state index contributed by atoms with van der Waals surface area (Å²) in [7, 11) is 0. The van der Waals surface area contributed by atoms with Gasteiger partial charge in [0.05, 0.1) is 22.0 Å². The Bertz CT molecular complexity index is 919. The first kappa shape index (κ1) is 17.2. The zero-order valence-corrected chi connectivity index (χ0v) is 15.0. The van der Waals surface area contributed by atoms with Crippen molar-refractivity contribution in [2.75, 3.05) is 0 Å². The lowest BCUT2D eigenvalue weighted by Crippen LogP contribution is -2.31. The molecule has 0 bridgehead atoms. The highest BCUT2D eigenvalue weighted by molar-refractivity contribution is 7.95. The fourth-order valence-corrected chi connectivity index (χ4v) is 3.93. The van der Waals surface area contributed by atoms with E-state index < -0.39 is 11.8 Å². The van der Waals surface area contributed by atoms with Gasteiger partial charge >= 0.3 is 10.8 Å². The van der Waals surface area contributed by atoms with E-state index in [1.54, 1.807) is 9.36 Å². The molecule has 0 unspecified atom stereocenters. The quantitative estimate of drug-likeness (QED) is 0.756. The molecule has 0 atom stereocenters. The Hall–Kier alpha value is -1.58. The summed E-state index contributed by atoms with van der Waals surface area (Å²) < 4.78 is 22.4. The highest BCUT2D eigenvalue weighted by atomic mass is 35.5. The minimum Gasteiger partial charge on any atom is -0.386 e. The first-order valence-electron chi connectivity index (χ1n) is 7.15. The maximum Gasteiger partial charge on any atom is 0.325 e. The van der Waals surface area contributed by atoms with E-state index in [9.17, 15) is 14.0 Å². The zero-order valence-electron chi connectivity index (χ0n) is 12.6. The third kappa shape index (κ3) is 3.57. The van der Waals surface area contributed by atoms with Crippen molar-refractivity contribution in [3.8, 4) is 0 Å². The Morgan fingerprint density at radius 3 is 2.79 bits per heavy atom. The van der Waals surface area contributed by atoms with Gasteiger partial charge < -0.3 is 4.18 Å². The second-order valence-corrected chi connectivity index (χ2v) is 7.21. The molecule has 6 nitrogen and oxygen atoms in total. The number of carbonyl (C=O) groups is 1. The molecular formula is C14H13ClFN3O3S2. The number of halogens is 2. The molecule has 10 heteroatoms. The number of carbonyl (C=O) groups excluding carboxylic acids is 1. The van der Waals surface area contributed by atoms with Crippen LogP contribution in [0.3, 0.4) is 0 Å². The molecule has 24 heavy (non-hydrogen) atoms. The average molecular weight is 390 g/mol. The van der Waals surface area contributed by atoms with Gasteiger partial charge in [-0.2, -0.15) is 0 Å². The van der Waals surface area contributed by atoms with Gasteiger partial charge in [0.25, 0.3) is 0 Å². The van der Waals surface area contributed by atoms with Crippen LogP contribution in [0.25, 0.3) is 0 Å². The molecule has 0 fully saturated rings. The number of benzene rings is 1. The third-order valence-corrected chi connectivity index (χ3v) is 5.49. The Morgan fingerprint density at radius 2 is 2.08 bits per heavy atom.